The van der Waals surface area contributed by atoms with Crippen molar-refractivity contribution in [2.75, 3.05) is 19.6 Å². The number of para-hydroxylation sites is 1. The number of aliphatic hydroxyl groups is 1. The summed E-state index contributed by atoms with van der Waals surface area (Å²) in [6, 6.07) is 10.3. The summed E-state index contributed by atoms with van der Waals surface area (Å²) in [6.07, 6.45) is 3.14. The quantitative estimate of drug-likeness (QED) is 0.941. The normalized spacial score (nSPS) is 28.8. The van der Waals surface area contributed by atoms with Crippen LogP contribution >= 0.6 is 0 Å². The van der Waals surface area contributed by atoms with Crippen molar-refractivity contribution in [3.8, 4) is 0 Å². The third-order valence-corrected chi connectivity index (χ3v) is 5.83. The maximum absolute atomic E-state index is 9.96. The van der Waals surface area contributed by atoms with Crippen LogP contribution in [-0.2, 0) is 6.54 Å². The number of hydrogen-bond donors (Lipinski definition) is 1. The highest BCUT2D eigenvalue weighted by molar-refractivity contribution is 5.84. The Hall–Kier alpha value is -1.36. The van der Waals surface area contributed by atoms with E-state index in [9.17, 15) is 5.11 Å². The molecule has 2 saturated heterocycles. The molecule has 2 aliphatic heterocycles. The van der Waals surface area contributed by atoms with Crippen LogP contribution in [0.2, 0.25) is 0 Å². The van der Waals surface area contributed by atoms with Crippen molar-refractivity contribution in [3.63, 3.8) is 0 Å². The first kappa shape index (κ1) is 16.1. The summed E-state index contributed by atoms with van der Waals surface area (Å²) < 4.78 is 2.39. The van der Waals surface area contributed by atoms with Crippen LogP contribution in [0.25, 0.3) is 10.9 Å². The molecule has 24 heavy (non-hydrogen) atoms. The van der Waals surface area contributed by atoms with Crippen molar-refractivity contribution in [2.24, 2.45) is 0 Å². The molecule has 0 aliphatic carbocycles. The molecular formula is C20H29N3O. The number of nitrogens with zero attached hydrogens (tertiary/aromatic N) is 3. The summed E-state index contributed by atoms with van der Waals surface area (Å²) in [5.41, 5.74) is 2.77. The van der Waals surface area contributed by atoms with E-state index in [0.717, 1.165) is 32.6 Å². The minimum absolute atomic E-state index is 0.134. The summed E-state index contributed by atoms with van der Waals surface area (Å²) >= 11 is 0. The van der Waals surface area contributed by atoms with E-state index in [-0.39, 0.29) is 6.10 Å². The molecule has 0 amide bonds. The average molecular weight is 327 g/mol. The zero-order valence-corrected chi connectivity index (χ0v) is 15.0. The van der Waals surface area contributed by atoms with Gasteiger partial charge in [0.2, 0.25) is 0 Å². The molecule has 2 aliphatic rings. The van der Waals surface area contributed by atoms with E-state index >= 15 is 0 Å². The number of rotatable bonds is 3. The van der Waals surface area contributed by atoms with Crippen LogP contribution in [0.15, 0.2) is 30.5 Å². The highest BCUT2D eigenvalue weighted by atomic mass is 16.3. The molecule has 4 rings (SSSR count). The molecule has 3 atom stereocenters. The van der Waals surface area contributed by atoms with Crippen molar-refractivity contribution in [2.45, 2.75) is 58.0 Å². The van der Waals surface area contributed by atoms with Gasteiger partial charge in [-0.15, -0.1) is 0 Å². The van der Waals surface area contributed by atoms with Gasteiger partial charge < -0.3 is 9.67 Å². The van der Waals surface area contributed by atoms with Gasteiger partial charge in [0, 0.05) is 61.4 Å². The summed E-state index contributed by atoms with van der Waals surface area (Å²) in [5.74, 6) is 0. The Labute approximate surface area is 144 Å². The fraction of sp³-hybridized carbons (Fsp3) is 0.600. The van der Waals surface area contributed by atoms with E-state index in [2.05, 4.69) is 65.6 Å². The maximum atomic E-state index is 9.96. The number of benzene rings is 1. The molecule has 1 N–H and O–H groups in total. The van der Waals surface area contributed by atoms with Crippen LogP contribution in [-0.4, -0.2) is 57.3 Å². The van der Waals surface area contributed by atoms with Gasteiger partial charge in [-0.05, 0) is 38.8 Å². The highest BCUT2D eigenvalue weighted by Gasteiger charge is 2.38. The van der Waals surface area contributed by atoms with Gasteiger partial charge in [-0.2, -0.15) is 0 Å². The van der Waals surface area contributed by atoms with Gasteiger partial charge in [0.15, 0.2) is 0 Å². The van der Waals surface area contributed by atoms with E-state index in [1.54, 1.807) is 0 Å². The molecule has 0 saturated carbocycles. The van der Waals surface area contributed by atoms with Crippen molar-refractivity contribution in [1.29, 1.82) is 0 Å². The molecule has 130 valence electrons. The molecule has 0 bridgehead atoms. The van der Waals surface area contributed by atoms with Gasteiger partial charge in [-0.3, -0.25) is 9.80 Å². The second-order valence-electron chi connectivity index (χ2n) is 7.95. The second-order valence-corrected chi connectivity index (χ2v) is 7.95. The van der Waals surface area contributed by atoms with Crippen molar-refractivity contribution in [1.82, 2.24) is 14.4 Å². The minimum Gasteiger partial charge on any atom is -0.392 e. The zero-order chi connectivity index (χ0) is 16.8. The molecule has 4 nitrogen and oxygen atoms in total. The topological polar surface area (TPSA) is 31.6 Å². The molecule has 1 aromatic carbocycles. The number of hydrogen-bond acceptors (Lipinski definition) is 3. The first-order chi connectivity index (χ1) is 11.5. The van der Waals surface area contributed by atoms with E-state index in [4.69, 9.17) is 0 Å². The first-order valence-electron chi connectivity index (χ1n) is 9.27. The lowest BCUT2D eigenvalue weighted by Crippen LogP contribution is -2.54. The summed E-state index contributed by atoms with van der Waals surface area (Å²) in [4.78, 5) is 5.08. The van der Waals surface area contributed by atoms with Gasteiger partial charge in [0.05, 0.1) is 6.10 Å². The number of aromatic nitrogens is 1. The van der Waals surface area contributed by atoms with Crippen molar-refractivity contribution >= 4 is 10.9 Å². The van der Waals surface area contributed by atoms with Crippen molar-refractivity contribution < 1.29 is 5.11 Å². The Balaban J connectivity index is 1.60. The third-order valence-electron chi connectivity index (χ3n) is 5.83. The van der Waals surface area contributed by atoms with Crippen LogP contribution in [0.4, 0.5) is 0 Å². The number of fused-ring (bicyclic) bond motifs is 2. The lowest BCUT2D eigenvalue weighted by Gasteiger charge is -2.42. The fourth-order valence-corrected chi connectivity index (χ4v) is 4.55. The Morgan fingerprint density at radius 1 is 1.17 bits per heavy atom. The molecule has 0 spiro atoms. The lowest BCUT2D eigenvalue weighted by molar-refractivity contribution is 0.0531. The monoisotopic (exact) mass is 327 g/mol. The van der Waals surface area contributed by atoms with Crippen LogP contribution < -0.4 is 0 Å². The smallest absolute Gasteiger partial charge is 0.0682 e. The summed E-state index contributed by atoms with van der Waals surface area (Å²) in [7, 11) is 0. The summed E-state index contributed by atoms with van der Waals surface area (Å²) in [6.45, 7) is 10.8. The Morgan fingerprint density at radius 2 is 1.96 bits per heavy atom. The number of piperazine rings is 1. The SMILES string of the molecule is CC(C)n1cc(CN2C[C@H]3C[C@@H](O)CN3C[C@@H]2C)c2ccccc21. The first-order valence-corrected chi connectivity index (χ1v) is 9.27. The predicted octanol–water partition coefficient (Wildman–Crippen LogP) is 2.86. The van der Waals surface area contributed by atoms with Crippen LogP contribution in [0.1, 0.15) is 38.8 Å². The molecule has 4 heteroatoms. The molecule has 2 fully saturated rings. The fourth-order valence-electron chi connectivity index (χ4n) is 4.55. The van der Waals surface area contributed by atoms with Gasteiger partial charge in [0.25, 0.3) is 0 Å². The minimum atomic E-state index is -0.134. The molecular weight excluding hydrogens is 298 g/mol. The number of aliphatic hydroxyl groups excluding tert-OH is 1. The van der Waals surface area contributed by atoms with Gasteiger partial charge in [-0.1, -0.05) is 18.2 Å². The van der Waals surface area contributed by atoms with E-state index < -0.39 is 0 Å². The predicted molar refractivity (Wildman–Crippen MR) is 98.2 cm³/mol. The average Bonchev–Trinajstić information content (AvgIpc) is 3.08. The van der Waals surface area contributed by atoms with E-state index in [1.807, 2.05) is 0 Å². The van der Waals surface area contributed by atoms with Gasteiger partial charge >= 0.3 is 0 Å². The largest absolute Gasteiger partial charge is 0.392 e. The Morgan fingerprint density at radius 3 is 2.75 bits per heavy atom. The second kappa shape index (κ2) is 6.17. The summed E-state index contributed by atoms with van der Waals surface area (Å²) in [5, 5.41) is 11.3. The molecule has 0 unspecified atom stereocenters. The van der Waals surface area contributed by atoms with Gasteiger partial charge in [-0.25, -0.2) is 0 Å². The van der Waals surface area contributed by atoms with Gasteiger partial charge in [0.1, 0.15) is 0 Å². The molecule has 2 aromatic rings. The standard InChI is InChI=1S/C20H29N3O/c1-14(2)23-11-16(19-6-4-5-7-20(19)23)10-21-12-17-8-18(24)13-22(17)9-15(21)3/h4-7,11,14-15,17-18,24H,8-10,12-13H2,1-3H3/t15-,17+,18+/m0/s1. The highest BCUT2D eigenvalue weighted by Crippen LogP contribution is 2.29. The van der Waals surface area contributed by atoms with Crippen LogP contribution in [0, 0.1) is 0 Å². The zero-order valence-electron chi connectivity index (χ0n) is 15.0. The molecule has 0 radical (unpaired) electrons. The molecule has 1 aromatic heterocycles. The maximum Gasteiger partial charge on any atom is 0.0682 e. The van der Waals surface area contributed by atoms with Crippen molar-refractivity contribution in [3.05, 3.63) is 36.0 Å². The van der Waals surface area contributed by atoms with Crippen LogP contribution in [0.5, 0.6) is 0 Å². The third kappa shape index (κ3) is 2.77. The Bertz CT molecular complexity index is 723. The van der Waals surface area contributed by atoms with E-state index in [0.29, 0.717) is 18.1 Å². The van der Waals surface area contributed by atoms with E-state index in [1.165, 1.54) is 16.5 Å². The molecule has 3 heterocycles. The van der Waals surface area contributed by atoms with Crippen LogP contribution in [0.3, 0.4) is 0 Å². The lowest BCUT2D eigenvalue weighted by atomic mass is 10.1. The Kier molecular flexibility index (Phi) is 4.15.